The topological polar surface area (TPSA) is 34.4 Å². The third-order valence-electron chi connectivity index (χ3n) is 5.68. The van der Waals surface area contributed by atoms with Crippen molar-refractivity contribution in [2.24, 2.45) is 0 Å². The van der Waals surface area contributed by atoms with Crippen LogP contribution in [0.15, 0.2) is 72.8 Å². The summed E-state index contributed by atoms with van der Waals surface area (Å²) >= 11 is 0. The van der Waals surface area contributed by atoms with Gasteiger partial charge in [0.25, 0.3) is 0 Å². The molecule has 0 unspecified atom stereocenters. The maximum atomic E-state index is 10.3. The second kappa shape index (κ2) is 6.80. The molecule has 0 amide bonds. The smallest absolute Gasteiger partial charge is 0.330 e. The van der Waals surface area contributed by atoms with E-state index in [9.17, 15) is 5.11 Å². The van der Waals surface area contributed by atoms with Crippen LogP contribution in [0, 0.1) is 0 Å². The molecule has 0 aliphatic carbocycles. The molecule has 0 atom stereocenters. The molecule has 28 heavy (non-hydrogen) atoms. The van der Waals surface area contributed by atoms with E-state index >= 15 is 0 Å². The fraction of sp³-hybridized carbons (Fsp3) is 0.250. The lowest BCUT2D eigenvalue weighted by Crippen LogP contribution is -2.49. The zero-order chi connectivity index (χ0) is 19.9. The highest BCUT2D eigenvalue weighted by Gasteiger charge is 2.35. The van der Waals surface area contributed by atoms with Crippen LogP contribution in [0.2, 0.25) is 0 Å². The Labute approximate surface area is 166 Å². The highest BCUT2D eigenvalue weighted by molar-refractivity contribution is 6.47. The first-order valence-corrected chi connectivity index (χ1v) is 9.60. The van der Waals surface area contributed by atoms with Crippen LogP contribution in [0.4, 0.5) is 0 Å². The minimum Gasteiger partial charge on any atom is -0.427 e. The predicted molar refractivity (Wildman–Crippen MR) is 118 cm³/mol. The normalized spacial score (nSPS) is 12.6. The molecule has 0 fully saturated rings. The van der Waals surface area contributed by atoms with E-state index in [-0.39, 0.29) is 0 Å². The number of hydrogen-bond acceptors (Lipinski definition) is 2. The number of aliphatic hydroxyl groups is 1. The van der Waals surface area contributed by atoms with E-state index in [2.05, 4.69) is 71.3 Å². The van der Waals surface area contributed by atoms with Crippen molar-refractivity contribution < 1.29 is 9.76 Å². The molecule has 0 saturated heterocycles. The molecule has 0 saturated carbocycles. The van der Waals surface area contributed by atoms with E-state index in [1.54, 1.807) is 21.3 Å². The third kappa shape index (κ3) is 3.23. The monoisotopic (exact) mass is 370 g/mol. The lowest BCUT2D eigenvalue weighted by atomic mass is 9.82. The molecule has 0 aliphatic rings. The van der Waals surface area contributed by atoms with Gasteiger partial charge in [-0.05, 0) is 52.0 Å². The Morgan fingerprint density at radius 2 is 1.43 bits per heavy atom. The molecule has 4 aromatic rings. The van der Waals surface area contributed by atoms with Gasteiger partial charge >= 0.3 is 7.48 Å². The number of benzene rings is 3. The van der Waals surface area contributed by atoms with E-state index < -0.39 is 11.2 Å². The van der Waals surface area contributed by atoms with Crippen LogP contribution in [0.1, 0.15) is 27.7 Å². The van der Waals surface area contributed by atoms with Gasteiger partial charge in [-0.15, -0.1) is 0 Å². The highest BCUT2D eigenvalue weighted by atomic mass is 16.5. The minimum absolute atomic E-state index is 0.700. The highest BCUT2D eigenvalue weighted by Crippen LogP contribution is 2.31. The summed E-state index contributed by atoms with van der Waals surface area (Å²) in [6.45, 7) is 7.31. The molecule has 3 nitrogen and oxygen atoms in total. The summed E-state index contributed by atoms with van der Waals surface area (Å²) in [5.74, 6) is 0. The van der Waals surface area contributed by atoms with Gasteiger partial charge in [0.15, 0.2) is 0 Å². The molecule has 1 radical (unpaired) electrons. The quantitative estimate of drug-likeness (QED) is 0.521. The summed E-state index contributed by atoms with van der Waals surface area (Å²) in [6, 6.07) is 25.2. The number of fused-ring (bicyclic) bond motifs is 3. The summed E-state index contributed by atoms with van der Waals surface area (Å²) < 4.78 is 8.25. The molecule has 3 aromatic carbocycles. The zero-order valence-electron chi connectivity index (χ0n) is 16.8. The molecule has 4 heteroatoms. The first kappa shape index (κ1) is 18.8. The largest absolute Gasteiger partial charge is 0.427 e. The van der Waals surface area contributed by atoms with Crippen LogP contribution in [0.5, 0.6) is 0 Å². The predicted octanol–water partition coefficient (Wildman–Crippen LogP) is 4.59. The fourth-order valence-electron chi connectivity index (χ4n) is 3.28. The van der Waals surface area contributed by atoms with E-state index in [1.807, 2.05) is 19.9 Å². The van der Waals surface area contributed by atoms with Gasteiger partial charge < -0.3 is 14.3 Å². The number of aromatic nitrogens is 1. The Bertz CT molecular complexity index is 1120. The molecular formula is C24H25BNO2. The Morgan fingerprint density at radius 3 is 2.14 bits per heavy atom. The van der Waals surface area contributed by atoms with Gasteiger partial charge in [-0.3, -0.25) is 0 Å². The minimum atomic E-state index is -0.952. The average Bonchev–Trinajstić information content (AvgIpc) is 3.00. The van der Waals surface area contributed by atoms with Crippen LogP contribution in [-0.2, 0) is 4.65 Å². The van der Waals surface area contributed by atoms with Gasteiger partial charge in [0.05, 0.1) is 22.2 Å². The first-order chi connectivity index (χ1) is 13.3. The molecule has 0 aliphatic heterocycles. The standard InChI is InChI=1S/C24H25BNO2/c1-23(2,27)24(3,4)28-25-17-14-15-20-19-12-8-9-13-21(19)26(22(20)16-17)18-10-6-5-7-11-18/h5-16,27H,1-4H3. The Morgan fingerprint density at radius 1 is 0.786 bits per heavy atom. The third-order valence-corrected chi connectivity index (χ3v) is 5.68. The van der Waals surface area contributed by atoms with Gasteiger partial charge in [0.1, 0.15) is 0 Å². The number of rotatable bonds is 5. The van der Waals surface area contributed by atoms with Crippen molar-refractivity contribution in [1.82, 2.24) is 4.57 Å². The molecule has 1 aromatic heterocycles. The zero-order valence-corrected chi connectivity index (χ0v) is 16.8. The van der Waals surface area contributed by atoms with E-state index in [0.717, 1.165) is 16.7 Å². The van der Waals surface area contributed by atoms with Crippen LogP contribution >= 0.6 is 0 Å². The summed E-state index contributed by atoms with van der Waals surface area (Å²) in [6.07, 6.45) is 0. The van der Waals surface area contributed by atoms with Crippen LogP contribution in [-0.4, -0.2) is 28.4 Å². The first-order valence-electron chi connectivity index (χ1n) is 9.60. The molecule has 0 spiro atoms. The van der Waals surface area contributed by atoms with Crippen molar-refractivity contribution in [2.45, 2.75) is 38.9 Å². The Kier molecular flexibility index (Phi) is 4.57. The fourth-order valence-corrected chi connectivity index (χ4v) is 3.28. The summed E-state index contributed by atoms with van der Waals surface area (Å²) in [5, 5.41) is 12.8. The number of hydrogen-bond donors (Lipinski definition) is 1. The van der Waals surface area contributed by atoms with Crippen molar-refractivity contribution in [1.29, 1.82) is 0 Å². The van der Waals surface area contributed by atoms with Crippen molar-refractivity contribution in [3.05, 3.63) is 72.8 Å². The average molecular weight is 370 g/mol. The van der Waals surface area contributed by atoms with Crippen LogP contribution < -0.4 is 5.46 Å². The van der Waals surface area contributed by atoms with E-state index in [4.69, 9.17) is 4.65 Å². The van der Waals surface area contributed by atoms with Crippen molar-refractivity contribution >= 4 is 34.8 Å². The Hall–Kier alpha value is -2.56. The lowest BCUT2D eigenvalue weighted by molar-refractivity contribution is -0.0893. The van der Waals surface area contributed by atoms with Crippen LogP contribution in [0.25, 0.3) is 27.5 Å². The molecular weight excluding hydrogens is 345 g/mol. The summed E-state index contributed by atoms with van der Waals surface area (Å²) in [5.41, 5.74) is 2.75. The molecule has 0 bridgehead atoms. The van der Waals surface area contributed by atoms with E-state index in [1.165, 1.54) is 16.3 Å². The molecule has 1 heterocycles. The van der Waals surface area contributed by atoms with Crippen molar-refractivity contribution in [3.8, 4) is 5.69 Å². The van der Waals surface area contributed by atoms with Crippen molar-refractivity contribution in [2.75, 3.05) is 0 Å². The maximum absolute atomic E-state index is 10.3. The van der Waals surface area contributed by atoms with Gasteiger partial charge in [-0.1, -0.05) is 54.0 Å². The maximum Gasteiger partial charge on any atom is 0.330 e. The van der Waals surface area contributed by atoms with Gasteiger partial charge in [0.2, 0.25) is 0 Å². The molecule has 141 valence electrons. The van der Waals surface area contributed by atoms with Gasteiger partial charge in [-0.25, -0.2) is 0 Å². The second-order valence-corrected chi connectivity index (χ2v) is 8.27. The SMILES string of the molecule is CC(C)(O)C(C)(C)O[B]c1ccc2c3ccccc3n(-c3ccccc3)c2c1. The van der Waals surface area contributed by atoms with Gasteiger partial charge in [0, 0.05) is 16.5 Å². The number of para-hydroxylation sites is 2. The molecule has 4 rings (SSSR count). The summed E-state index contributed by atoms with van der Waals surface area (Å²) in [4.78, 5) is 0. The van der Waals surface area contributed by atoms with E-state index in [0.29, 0.717) is 0 Å². The van der Waals surface area contributed by atoms with Gasteiger partial charge in [-0.2, -0.15) is 0 Å². The summed E-state index contributed by atoms with van der Waals surface area (Å²) in [7, 11) is 1.74. The second-order valence-electron chi connectivity index (χ2n) is 8.27. The molecule has 1 N–H and O–H groups in total. The number of nitrogens with zero attached hydrogens (tertiary/aromatic N) is 1. The lowest BCUT2D eigenvalue weighted by Gasteiger charge is -2.37. The van der Waals surface area contributed by atoms with Crippen molar-refractivity contribution in [3.63, 3.8) is 0 Å². The van der Waals surface area contributed by atoms with Crippen LogP contribution in [0.3, 0.4) is 0 Å². The Balaban J connectivity index is 1.82.